The van der Waals surface area contributed by atoms with Crippen LogP contribution < -0.4 is 0 Å². The highest BCUT2D eigenvalue weighted by Gasteiger charge is 2.06. The molecular weight excluding hydrogens is 190 g/mol. The number of benzene rings is 1. The Kier molecular flexibility index (Phi) is 2.24. The summed E-state index contributed by atoms with van der Waals surface area (Å²) >= 11 is 0. The zero-order chi connectivity index (χ0) is 10.7. The van der Waals surface area contributed by atoms with E-state index in [2.05, 4.69) is 9.98 Å². The summed E-state index contributed by atoms with van der Waals surface area (Å²) in [4.78, 5) is 17.7. The Morgan fingerprint density at radius 3 is 2.93 bits per heavy atom. The maximum atomic E-state index is 10.2. The summed E-state index contributed by atoms with van der Waals surface area (Å²) in [5.74, 6) is 0. The molecule has 0 aliphatic carbocycles. The van der Waals surface area contributed by atoms with Crippen LogP contribution in [0.2, 0.25) is 0 Å². The molecule has 4 heteroatoms. The second kappa shape index (κ2) is 3.70. The number of pyridine rings is 1. The molecule has 1 aromatic carbocycles. The molecule has 1 aromatic heterocycles. The molecule has 0 amide bonds. The molecule has 0 unspecified atom stereocenters. The highest BCUT2D eigenvalue weighted by Crippen LogP contribution is 2.25. The minimum absolute atomic E-state index is 0.327. The van der Waals surface area contributed by atoms with Crippen molar-refractivity contribution in [3.05, 3.63) is 36.0 Å². The van der Waals surface area contributed by atoms with Crippen LogP contribution >= 0.6 is 0 Å². The number of nitrogens with zero attached hydrogens (tertiary/aromatic N) is 3. The van der Waals surface area contributed by atoms with Crippen LogP contribution in [0.5, 0.6) is 0 Å². The molecule has 1 heterocycles. The lowest BCUT2D eigenvalue weighted by molar-refractivity contribution is 0.565. The third-order valence-corrected chi connectivity index (χ3v) is 2.04. The van der Waals surface area contributed by atoms with Gasteiger partial charge in [0.1, 0.15) is 6.07 Å². The molecular formula is C11H5N3O. The van der Waals surface area contributed by atoms with E-state index in [0.717, 1.165) is 0 Å². The van der Waals surface area contributed by atoms with E-state index in [-0.39, 0.29) is 0 Å². The van der Waals surface area contributed by atoms with Gasteiger partial charge in [0.05, 0.1) is 16.8 Å². The van der Waals surface area contributed by atoms with E-state index < -0.39 is 0 Å². The molecule has 70 valence electrons. The van der Waals surface area contributed by atoms with Gasteiger partial charge < -0.3 is 0 Å². The lowest BCUT2D eigenvalue weighted by Crippen LogP contribution is -1.83. The summed E-state index contributed by atoms with van der Waals surface area (Å²) in [6, 6.07) is 8.81. The van der Waals surface area contributed by atoms with Crippen molar-refractivity contribution in [3.63, 3.8) is 0 Å². The zero-order valence-electron chi connectivity index (χ0n) is 7.64. The van der Waals surface area contributed by atoms with Crippen LogP contribution in [0, 0.1) is 11.3 Å². The molecule has 0 bridgehead atoms. The standard InChI is InChI=1S/C11H5N3O/c12-6-9-8-2-1-5-13-10(8)3-4-11(9)14-7-15/h1-5H. The van der Waals surface area contributed by atoms with Gasteiger partial charge in [-0.05, 0) is 24.3 Å². The van der Waals surface area contributed by atoms with Gasteiger partial charge in [0.25, 0.3) is 0 Å². The van der Waals surface area contributed by atoms with Crippen LogP contribution in [0.25, 0.3) is 10.9 Å². The van der Waals surface area contributed by atoms with Crippen molar-refractivity contribution in [1.82, 2.24) is 4.98 Å². The molecule has 0 spiro atoms. The Labute approximate surface area is 85.5 Å². The third kappa shape index (κ3) is 1.48. The van der Waals surface area contributed by atoms with E-state index in [4.69, 9.17) is 5.26 Å². The van der Waals surface area contributed by atoms with E-state index >= 15 is 0 Å². The molecule has 2 rings (SSSR count). The number of hydrogen-bond donors (Lipinski definition) is 0. The summed E-state index contributed by atoms with van der Waals surface area (Å²) in [6.07, 6.45) is 3.07. The number of aromatic nitrogens is 1. The first-order valence-corrected chi connectivity index (χ1v) is 4.22. The molecule has 0 radical (unpaired) electrons. The number of nitriles is 1. The number of fused-ring (bicyclic) bond motifs is 1. The van der Waals surface area contributed by atoms with Gasteiger partial charge in [-0.1, -0.05) is 0 Å². The van der Waals surface area contributed by atoms with Crippen LogP contribution in [-0.2, 0) is 4.79 Å². The first kappa shape index (κ1) is 9.07. The maximum Gasteiger partial charge on any atom is 0.240 e. The van der Waals surface area contributed by atoms with Crippen molar-refractivity contribution >= 4 is 22.7 Å². The Morgan fingerprint density at radius 1 is 1.33 bits per heavy atom. The van der Waals surface area contributed by atoms with Gasteiger partial charge in [0.15, 0.2) is 0 Å². The fraction of sp³-hybridized carbons (Fsp3) is 0. The van der Waals surface area contributed by atoms with Crippen LogP contribution in [0.1, 0.15) is 5.56 Å². The quantitative estimate of drug-likeness (QED) is 0.516. The van der Waals surface area contributed by atoms with Crippen LogP contribution in [0.4, 0.5) is 5.69 Å². The number of carbonyl (C=O) groups excluding carboxylic acids is 1. The van der Waals surface area contributed by atoms with Gasteiger partial charge in [0.2, 0.25) is 6.08 Å². The minimum Gasteiger partial charge on any atom is -0.256 e. The van der Waals surface area contributed by atoms with E-state index in [1.165, 1.54) is 6.08 Å². The van der Waals surface area contributed by atoms with Crippen LogP contribution in [-0.4, -0.2) is 11.1 Å². The summed E-state index contributed by atoms with van der Waals surface area (Å²) < 4.78 is 0. The number of hydrogen-bond acceptors (Lipinski definition) is 4. The van der Waals surface area contributed by atoms with Crippen molar-refractivity contribution in [3.8, 4) is 6.07 Å². The van der Waals surface area contributed by atoms with Gasteiger partial charge in [-0.2, -0.15) is 10.3 Å². The SMILES string of the molecule is N#Cc1c(N=C=O)ccc2ncccc12. The van der Waals surface area contributed by atoms with Crippen molar-refractivity contribution in [2.24, 2.45) is 4.99 Å². The van der Waals surface area contributed by atoms with Crippen LogP contribution in [0.15, 0.2) is 35.5 Å². The first-order chi connectivity index (χ1) is 7.36. The van der Waals surface area contributed by atoms with Crippen molar-refractivity contribution in [2.75, 3.05) is 0 Å². The monoisotopic (exact) mass is 195 g/mol. The fourth-order valence-corrected chi connectivity index (χ4v) is 1.40. The zero-order valence-corrected chi connectivity index (χ0v) is 7.64. The normalized spacial score (nSPS) is 9.27. The topological polar surface area (TPSA) is 66.1 Å². The Hall–Kier alpha value is -2.50. The smallest absolute Gasteiger partial charge is 0.240 e. The highest BCUT2D eigenvalue weighted by molar-refractivity contribution is 5.89. The second-order valence-electron chi connectivity index (χ2n) is 2.84. The van der Waals surface area contributed by atoms with Gasteiger partial charge in [-0.15, -0.1) is 0 Å². The minimum atomic E-state index is 0.327. The third-order valence-electron chi connectivity index (χ3n) is 2.04. The average molecular weight is 195 g/mol. The molecule has 0 fully saturated rings. The predicted molar refractivity (Wildman–Crippen MR) is 54.2 cm³/mol. The largest absolute Gasteiger partial charge is 0.256 e. The van der Waals surface area contributed by atoms with Gasteiger partial charge in [-0.3, -0.25) is 4.98 Å². The highest BCUT2D eigenvalue weighted by atomic mass is 16.1. The van der Waals surface area contributed by atoms with E-state index in [0.29, 0.717) is 22.2 Å². The molecule has 2 aromatic rings. The second-order valence-corrected chi connectivity index (χ2v) is 2.84. The van der Waals surface area contributed by atoms with Gasteiger partial charge in [-0.25, -0.2) is 4.79 Å². The number of isocyanates is 1. The van der Waals surface area contributed by atoms with Gasteiger partial charge >= 0.3 is 0 Å². The Morgan fingerprint density at radius 2 is 2.20 bits per heavy atom. The number of aliphatic imine (C=N–C) groups is 1. The van der Waals surface area contributed by atoms with Crippen molar-refractivity contribution < 1.29 is 4.79 Å². The number of rotatable bonds is 1. The molecule has 0 saturated heterocycles. The average Bonchev–Trinajstić information content (AvgIpc) is 2.29. The summed E-state index contributed by atoms with van der Waals surface area (Å²) in [7, 11) is 0. The lowest BCUT2D eigenvalue weighted by atomic mass is 10.1. The summed E-state index contributed by atoms with van der Waals surface area (Å²) in [6.45, 7) is 0. The molecule has 15 heavy (non-hydrogen) atoms. The summed E-state index contributed by atoms with van der Waals surface area (Å²) in [5.41, 5.74) is 1.39. The summed E-state index contributed by atoms with van der Waals surface area (Å²) in [5, 5.41) is 9.67. The van der Waals surface area contributed by atoms with Gasteiger partial charge in [0, 0.05) is 11.6 Å². The Bertz CT molecular complexity index is 607. The fourth-order valence-electron chi connectivity index (χ4n) is 1.40. The van der Waals surface area contributed by atoms with E-state index in [9.17, 15) is 4.79 Å². The van der Waals surface area contributed by atoms with Crippen LogP contribution in [0.3, 0.4) is 0 Å². The van der Waals surface area contributed by atoms with E-state index in [1.54, 1.807) is 30.5 Å². The predicted octanol–water partition coefficient (Wildman–Crippen LogP) is 2.07. The van der Waals surface area contributed by atoms with E-state index in [1.807, 2.05) is 6.07 Å². The molecule has 0 saturated carbocycles. The molecule has 4 nitrogen and oxygen atoms in total. The van der Waals surface area contributed by atoms with Crippen molar-refractivity contribution in [2.45, 2.75) is 0 Å². The lowest BCUT2D eigenvalue weighted by Gasteiger charge is -2.00. The first-order valence-electron chi connectivity index (χ1n) is 4.22. The van der Waals surface area contributed by atoms with Crippen molar-refractivity contribution in [1.29, 1.82) is 5.26 Å². The molecule has 0 atom stereocenters. The molecule has 0 N–H and O–H groups in total. The Balaban J connectivity index is 2.88. The molecule has 0 aliphatic heterocycles. The molecule has 0 aliphatic rings. The maximum absolute atomic E-state index is 10.2.